The van der Waals surface area contributed by atoms with E-state index < -0.39 is 5.60 Å². The lowest BCUT2D eigenvalue weighted by Gasteiger charge is -2.40. The predicted octanol–water partition coefficient (Wildman–Crippen LogP) is 3.71. The summed E-state index contributed by atoms with van der Waals surface area (Å²) in [5, 5.41) is 11.6. The monoisotopic (exact) mass is 329 g/mol. The summed E-state index contributed by atoms with van der Waals surface area (Å²) in [7, 11) is 2.25. The van der Waals surface area contributed by atoms with Gasteiger partial charge in [-0.05, 0) is 57.1 Å². The fraction of sp³-hybridized carbons (Fsp3) is 0.714. The molecule has 2 aliphatic heterocycles. The zero-order valence-corrected chi connectivity index (χ0v) is 14.9. The zero-order chi connectivity index (χ0) is 16.6. The molecule has 3 nitrogen and oxygen atoms in total. The lowest BCUT2D eigenvalue weighted by atomic mass is 9.80. The molecule has 3 heteroatoms. The highest BCUT2D eigenvalue weighted by atomic mass is 16.5. The normalized spacial score (nSPS) is 33.7. The van der Waals surface area contributed by atoms with Crippen molar-refractivity contribution in [1.29, 1.82) is 0 Å². The quantitative estimate of drug-likeness (QED) is 0.894. The van der Waals surface area contributed by atoms with Crippen molar-refractivity contribution in [2.75, 3.05) is 13.7 Å². The van der Waals surface area contributed by atoms with E-state index in [9.17, 15) is 5.11 Å². The summed E-state index contributed by atoms with van der Waals surface area (Å²) < 4.78 is 6.42. The maximum atomic E-state index is 11.6. The van der Waals surface area contributed by atoms with Crippen LogP contribution in [-0.4, -0.2) is 41.8 Å². The molecule has 4 rings (SSSR count). The molecule has 1 aromatic rings. The molecule has 0 spiro atoms. The lowest BCUT2D eigenvalue weighted by Crippen LogP contribution is -2.48. The number of hydrogen-bond donors (Lipinski definition) is 1. The molecule has 4 atom stereocenters. The highest BCUT2D eigenvalue weighted by molar-refractivity contribution is 5.24. The molecule has 132 valence electrons. The first kappa shape index (κ1) is 16.6. The van der Waals surface area contributed by atoms with Gasteiger partial charge in [0.15, 0.2) is 0 Å². The standard InChI is InChI=1S/C21H31NO2/c1-22-18-11-13-19(22)20(14-12-18)24-15-21(23,17-9-5-6-10-17)16-7-3-2-4-8-16/h2-4,7-8,17-20,23H,5-6,9-15H2,1H3. The van der Waals surface area contributed by atoms with Crippen molar-refractivity contribution in [3.8, 4) is 0 Å². The topological polar surface area (TPSA) is 32.7 Å². The third-order valence-corrected chi connectivity index (χ3v) is 6.93. The molecule has 3 aliphatic rings. The smallest absolute Gasteiger partial charge is 0.116 e. The fourth-order valence-electron chi connectivity index (χ4n) is 5.38. The van der Waals surface area contributed by atoms with Crippen LogP contribution < -0.4 is 0 Å². The number of likely N-dealkylation sites (N-methyl/N-ethyl adjacent to an activating group) is 1. The summed E-state index contributed by atoms with van der Waals surface area (Å²) in [5.41, 5.74) is 0.205. The van der Waals surface area contributed by atoms with Crippen molar-refractivity contribution in [2.24, 2.45) is 5.92 Å². The molecule has 24 heavy (non-hydrogen) atoms. The summed E-state index contributed by atoms with van der Waals surface area (Å²) in [6.45, 7) is 0.446. The second-order valence-corrected chi connectivity index (χ2v) is 8.16. The van der Waals surface area contributed by atoms with Gasteiger partial charge in [0.05, 0.1) is 12.7 Å². The molecule has 1 N–H and O–H groups in total. The zero-order valence-electron chi connectivity index (χ0n) is 14.9. The highest BCUT2D eigenvalue weighted by Crippen LogP contribution is 2.42. The van der Waals surface area contributed by atoms with Crippen LogP contribution in [-0.2, 0) is 10.3 Å². The molecule has 0 aromatic heterocycles. The van der Waals surface area contributed by atoms with Gasteiger partial charge in [-0.2, -0.15) is 0 Å². The number of nitrogens with zero attached hydrogens (tertiary/aromatic N) is 1. The van der Waals surface area contributed by atoms with Crippen LogP contribution in [0.1, 0.15) is 56.9 Å². The molecule has 2 saturated heterocycles. The Morgan fingerprint density at radius 2 is 1.75 bits per heavy atom. The van der Waals surface area contributed by atoms with Gasteiger partial charge in [0, 0.05) is 12.1 Å². The summed E-state index contributed by atoms with van der Waals surface area (Å²) in [5.74, 6) is 0.331. The first-order chi connectivity index (χ1) is 11.7. The second-order valence-electron chi connectivity index (χ2n) is 8.16. The van der Waals surface area contributed by atoms with Crippen LogP contribution in [0.4, 0.5) is 0 Å². The summed E-state index contributed by atoms with van der Waals surface area (Å²) in [6.07, 6.45) is 9.93. The molecule has 2 heterocycles. The van der Waals surface area contributed by atoms with Gasteiger partial charge in [0.1, 0.15) is 5.60 Å². The van der Waals surface area contributed by atoms with Gasteiger partial charge >= 0.3 is 0 Å². The van der Waals surface area contributed by atoms with E-state index in [1.54, 1.807) is 0 Å². The van der Waals surface area contributed by atoms with Crippen LogP contribution in [0.25, 0.3) is 0 Å². The van der Waals surface area contributed by atoms with E-state index in [1.165, 1.54) is 32.1 Å². The molecule has 2 bridgehead atoms. The average Bonchev–Trinajstić information content (AvgIpc) is 3.22. The molecule has 1 aliphatic carbocycles. The van der Waals surface area contributed by atoms with E-state index in [1.807, 2.05) is 18.2 Å². The Hall–Kier alpha value is -0.900. The number of fused-ring (bicyclic) bond motifs is 2. The van der Waals surface area contributed by atoms with Gasteiger partial charge < -0.3 is 9.84 Å². The van der Waals surface area contributed by atoms with E-state index in [0.29, 0.717) is 18.6 Å². The van der Waals surface area contributed by atoms with E-state index >= 15 is 0 Å². The Morgan fingerprint density at radius 3 is 2.50 bits per heavy atom. The number of ether oxygens (including phenoxy) is 1. The van der Waals surface area contributed by atoms with Gasteiger partial charge in [-0.3, -0.25) is 4.90 Å². The second kappa shape index (κ2) is 6.78. The molecule has 3 fully saturated rings. The van der Waals surface area contributed by atoms with Gasteiger partial charge in [0.2, 0.25) is 0 Å². The maximum Gasteiger partial charge on any atom is 0.116 e. The number of piperidine rings is 1. The van der Waals surface area contributed by atoms with Crippen molar-refractivity contribution in [3.63, 3.8) is 0 Å². The third-order valence-electron chi connectivity index (χ3n) is 6.93. The minimum atomic E-state index is -0.828. The molecule has 4 unspecified atom stereocenters. The lowest BCUT2D eigenvalue weighted by molar-refractivity contribution is -0.129. The Morgan fingerprint density at radius 1 is 1.04 bits per heavy atom. The van der Waals surface area contributed by atoms with Crippen LogP contribution in [0.5, 0.6) is 0 Å². The molecule has 1 saturated carbocycles. The van der Waals surface area contributed by atoms with Gasteiger partial charge in [-0.25, -0.2) is 0 Å². The van der Waals surface area contributed by atoms with Crippen molar-refractivity contribution in [2.45, 2.75) is 75.2 Å². The van der Waals surface area contributed by atoms with E-state index in [4.69, 9.17) is 4.74 Å². The van der Waals surface area contributed by atoms with Gasteiger partial charge in [-0.1, -0.05) is 43.2 Å². The third kappa shape index (κ3) is 2.91. The first-order valence-corrected chi connectivity index (χ1v) is 9.80. The van der Waals surface area contributed by atoms with E-state index in [2.05, 4.69) is 24.1 Å². The summed E-state index contributed by atoms with van der Waals surface area (Å²) in [6, 6.07) is 11.5. The highest BCUT2D eigenvalue weighted by Gasteiger charge is 2.44. The first-order valence-electron chi connectivity index (χ1n) is 9.80. The minimum Gasteiger partial charge on any atom is -0.382 e. The number of hydrogen-bond acceptors (Lipinski definition) is 3. The van der Waals surface area contributed by atoms with Crippen molar-refractivity contribution in [1.82, 2.24) is 4.90 Å². The van der Waals surface area contributed by atoms with Crippen LogP contribution in [0.15, 0.2) is 30.3 Å². The van der Waals surface area contributed by atoms with Crippen LogP contribution >= 0.6 is 0 Å². The molecular weight excluding hydrogens is 298 g/mol. The minimum absolute atomic E-state index is 0.283. The van der Waals surface area contributed by atoms with Crippen molar-refractivity contribution in [3.05, 3.63) is 35.9 Å². The van der Waals surface area contributed by atoms with E-state index in [-0.39, 0.29) is 6.10 Å². The molecule has 0 radical (unpaired) electrons. The van der Waals surface area contributed by atoms with E-state index in [0.717, 1.165) is 30.9 Å². The Bertz CT molecular complexity index is 542. The Kier molecular flexibility index (Phi) is 4.68. The number of rotatable bonds is 5. The van der Waals surface area contributed by atoms with Crippen LogP contribution in [0.3, 0.4) is 0 Å². The molecule has 1 aromatic carbocycles. The fourth-order valence-corrected chi connectivity index (χ4v) is 5.38. The molecule has 0 amide bonds. The van der Waals surface area contributed by atoms with Crippen molar-refractivity contribution < 1.29 is 9.84 Å². The van der Waals surface area contributed by atoms with Gasteiger partial charge in [0.25, 0.3) is 0 Å². The van der Waals surface area contributed by atoms with Crippen LogP contribution in [0.2, 0.25) is 0 Å². The van der Waals surface area contributed by atoms with Gasteiger partial charge in [-0.15, -0.1) is 0 Å². The largest absolute Gasteiger partial charge is 0.382 e. The number of benzene rings is 1. The maximum absolute atomic E-state index is 11.6. The predicted molar refractivity (Wildman–Crippen MR) is 95.8 cm³/mol. The Balaban J connectivity index is 1.50. The average molecular weight is 329 g/mol. The number of aliphatic hydroxyl groups is 1. The summed E-state index contributed by atoms with van der Waals surface area (Å²) >= 11 is 0. The van der Waals surface area contributed by atoms with Crippen molar-refractivity contribution >= 4 is 0 Å². The molecular formula is C21H31NO2. The van der Waals surface area contributed by atoms with Crippen LogP contribution in [0, 0.1) is 5.92 Å². The Labute approximate surface area is 146 Å². The SMILES string of the molecule is CN1C2CCC(OCC(O)(c3ccccc3)C3CCCC3)C1CC2. The summed E-state index contributed by atoms with van der Waals surface area (Å²) in [4.78, 5) is 2.52.